The highest BCUT2D eigenvalue weighted by Crippen LogP contribution is 2.28. The van der Waals surface area contributed by atoms with E-state index in [4.69, 9.17) is 0 Å². The van der Waals surface area contributed by atoms with Crippen molar-refractivity contribution in [3.63, 3.8) is 0 Å². The van der Waals surface area contributed by atoms with Gasteiger partial charge in [0.1, 0.15) is 6.54 Å². The van der Waals surface area contributed by atoms with E-state index < -0.39 is 28.4 Å². The number of hydrazine groups is 1. The summed E-state index contributed by atoms with van der Waals surface area (Å²) < 4.78 is 25.4. The molecule has 1 aromatic carbocycles. The van der Waals surface area contributed by atoms with E-state index in [1.807, 2.05) is 6.07 Å². The Morgan fingerprint density at radius 1 is 1.10 bits per heavy atom. The Balaban J connectivity index is 1.64. The topological polar surface area (TPSA) is 95.6 Å². The van der Waals surface area contributed by atoms with E-state index in [0.717, 1.165) is 41.8 Å². The highest BCUT2D eigenvalue weighted by atomic mass is 32.2. The third kappa shape index (κ3) is 5.36. The Bertz CT molecular complexity index is 991. The molecule has 0 saturated heterocycles. The molecule has 1 aromatic heterocycles. The monoisotopic (exact) mass is 435 g/mol. The lowest BCUT2D eigenvalue weighted by Crippen LogP contribution is -2.47. The van der Waals surface area contributed by atoms with E-state index in [1.54, 1.807) is 31.2 Å². The van der Waals surface area contributed by atoms with Crippen molar-refractivity contribution in [2.45, 2.75) is 39.0 Å². The van der Waals surface area contributed by atoms with Gasteiger partial charge in [-0.2, -0.15) is 0 Å². The smallest absolute Gasteiger partial charge is 0.271 e. The number of para-hydroxylation sites is 1. The van der Waals surface area contributed by atoms with Crippen LogP contribution in [-0.4, -0.2) is 33.0 Å². The Morgan fingerprint density at radius 2 is 1.83 bits per heavy atom. The first kappa shape index (κ1) is 21.3. The van der Waals surface area contributed by atoms with Crippen molar-refractivity contribution in [2.75, 3.05) is 17.1 Å². The zero-order valence-electron chi connectivity index (χ0n) is 16.5. The largest absolute Gasteiger partial charge is 0.279 e. The predicted molar refractivity (Wildman–Crippen MR) is 115 cm³/mol. The summed E-state index contributed by atoms with van der Waals surface area (Å²) in [5, 5.41) is 0. The van der Waals surface area contributed by atoms with Gasteiger partial charge in [-0.05, 0) is 55.9 Å². The van der Waals surface area contributed by atoms with Crippen molar-refractivity contribution in [1.82, 2.24) is 10.9 Å². The maximum absolute atomic E-state index is 12.4. The van der Waals surface area contributed by atoms with Crippen molar-refractivity contribution < 1.29 is 18.0 Å². The molecule has 0 unspecified atom stereocenters. The summed E-state index contributed by atoms with van der Waals surface area (Å²) in [5.41, 5.74) is 7.10. The number of aryl methyl sites for hydroxylation is 3. The average Bonchev–Trinajstić information content (AvgIpc) is 2.95. The van der Waals surface area contributed by atoms with Crippen LogP contribution < -0.4 is 15.2 Å². The number of thiophene rings is 1. The van der Waals surface area contributed by atoms with Crippen LogP contribution in [-0.2, 0) is 27.7 Å². The number of sulfonamides is 1. The number of nitrogens with zero attached hydrogens (tertiary/aromatic N) is 1. The van der Waals surface area contributed by atoms with Gasteiger partial charge in [-0.3, -0.25) is 24.7 Å². The third-order valence-corrected chi connectivity index (χ3v) is 7.22. The van der Waals surface area contributed by atoms with Crippen molar-refractivity contribution in [1.29, 1.82) is 0 Å². The Kier molecular flexibility index (Phi) is 6.59. The second-order valence-electron chi connectivity index (χ2n) is 7.18. The maximum atomic E-state index is 12.4. The summed E-state index contributed by atoms with van der Waals surface area (Å²) in [7, 11) is -3.67. The van der Waals surface area contributed by atoms with Crippen molar-refractivity contribution >= 4 is 38.9 Å². The molecule has 0 spiro atoms. The summed E-state index contributed by atoms with van der Waals surface area (Å²) in [5.74, 6) is -1.01. The van der Waals surface area contributed by atoms with Crippen LogP contribution in [0.1, 0.15) is 44.9 Å². The number of carbonyl (C=O) groups is 2. The first-order valence-electron chi connectivity index (χ1n) is 9.50. The minimum Gasteiger partial charge on any atom is -0.271 e. The summed E-state index contributed by atoms with van der Waals surface area (Å²) in [6.45, 7) is 1.35. The second kappa shape index (κ2) is 8.96. The fourth-order valence-electron chi connectivity index (χ4n) is 3.36. The molecular formula is C20H25N3O4S2. The summed E-state index contributed by atoms with van der Waals surface area (Å²) in [6, 6.07) is 8.81. The van der Waals surface area contributed by atoms with E-state index in [9.17, 15) is 18.0 Å². The van der Waals surface area contributed by atoms with Gasteiger partial charge in [0.15, 0.2) is 0 Å². The molecule has 1 heterocycles. The first-order chi connectivity index (χ1) is 13.8. The number of rotatable bonds is 5. The Morgan fingerprint density at radius 3 is 2.55 bits per heavy atom. The summed E-state index contributed by atoms with van der Waals surface area (Å²) in [6.07, 6.45) is 6.47. The summed E-state index contributed by atoms with van der Waals surface area (Å²) in [4.78, 5) is 26.5. The average molecular weight is 436 g/mol. The van der Waals surface area contributed by atoms with E-state index in [1.165, 1.54) is 28.2 Å². The number of anilines is 1. The number of fused-ring (bicyclic) bond motifs is 1. The fourth-order valence-corrected chi connectivity index (χ4v) is 5.42. The van der Waals surface area contributed by atoms with Gasteiger partial charge < -0.3 is 0 Å². The molecule has 2 N–H and O–H groups in total. The second-order valence-corrected chi connectivity index (χ2v) is 10.2. The van der Waals surface area contributed by atoms with Gasteiger partial charge in [0.05, 0.1) is 16.8 Å². The van der Waals surface area contributed by atoms with E-state index >= 15 is 0 Å². The van der Waals surface area contributed by atoms with Gasteiger partial charge in [0.2, 0.25) is 10.0 Å². The number of amides is 2. The SMILES string of the molecule is Cc1ccccc1N(CC(=O)NNC(=O)c1cc2c(s1)CCCCC2)S(C)(=O)=O. The lowest BCUT2D eigenvalue weighted by molar-refractivity contribution is -0.120. The highest BCUT2D eigenvalue weighted by molar-refractivity contribution is 7.92. The molecule has 2 amide bonds. The number of hydrogen-bond acceptors (Lipinski definition) is 5. The quantitative estimate of drug-likeness (QED) is 0.557. The minimum absolute atomic E-state index is 0.391. The van der Waals surface area contributed by atoms with Crippen LogP contribution in [0.3, 0.4) is 0 Å². The molecule has 0 bridgehead atoms. The van der Waals surface area contributed by atoms with Crippen LogP contribution >= 0.6 is 11.3 Å². The number of carbonyl (C=O) groups excluding carboxylic acids is 2. The zero-order chi connectivity index (χ0) is 21.0. The van der Waals surface area contributed by atoms with Gasteiger partial charge in [0, 0.05) is 4.88 Å². The molecular weight excluding hydrogens is 410 g/mol. The lowest BCUT2D eigenvalue weighted by atomic mass is 10.1. The van der Waals surface area contributed by atoms with Crippen LogP contribution in [0.25, 0.3) is 0 Å². The molecule has 1 aliphatic carbocycles. The van der Waals surface area contributed by atoms with Crippen molar-refractivity contribution in [2.24, 2.45) is 0 Å². The molecule has 1 aliphatic rings. The van der Waals surface area contributed by atoms with Crippen LogP contribution in [0, 0.1) is 6.92 Å². The molecule has 3 rings (SSSR count). The standard InChI is InChI=1S/C20H25N3O4S2/c1-14-8-6-7-10-16(14)23(29(2,26)27)13-19(24)21-22-20(25)18-12-15-9-4-3-5-11-17(15)28-18/h6-8,10,12H,3-5,9,11,13H2,1-2H3,(H,21,24)(H,22,25). The van der Waals surface area contributed by atoms with E-state index in [-0.39, 0.29) is 0 Å². The van der Waals surface area contributed by atoms with Gasteiger partial charge in [-0.1, -0.05) is 24.6 Å². The predicted octanol–water partition coefficient (Wildman–Crippen LogP) is 2.55. The summed E-state index contributed by atoms with van der Waals surface area (Å²) >= 11 is 1.46. The fraction of sp³-hybridized carbons (Fsp3) is 0.400. The molecule has 2 aromatic rings. The molecule has 0 atom stereocenters. The van der Waals surface area contributed by atoms with Crippen LogP contribution in [0.5, 0.6) is 0 Å². The molecule has 0 aliphatic heterocycles. The number of nitrogens with one attached hydrogen (secondary N) is 2. The molecule has 156 valence electrons. The van der Waals surface area contributed by atoms with E-state index in [2.05, 4.69) is 10.9 Å². The van der Waals surface area contributed by atoms with Gasteiger partial charge >= 0.3 is 0 Å². The molecule has 0 fully saturated rings. The van der Waals surface area contributed by atoms with Gasteiger partial charge in [-0.15, -0.1) is 11.3 Å². The minimum atomic E-state index is -3.67. The van der Waals surface area contributed by atoms with Crippen LogP contribution in [0.4, 0.5) is 5.69 Å². The van der Waals surface area contributed by atoms with E-state index in [0.29, 0.717) is 10.6 Å². The highest BCUT2D eigenvalue weighted by Gasteiger charge is 2.23. The lowest BCUT2D eigenvalue weighted by Gasteiger charge is -2.23. The third-order valence-electron chi connectivity index (χ3n) is 4.86. The Hall–Kier alpha value is -2.39. The molecule has 7 nitrogen and oxygen atoms in total. The van der Waals surface area contributed by atoms with Crippen LogP contribution in [0.2, 0.25) is 0 Å². The zero-order valence-corrected chi connectivity index (χ0v) is 18.2. The van der Waals surface area contributed by atoms with Crippen molar-refractivity contribution in [3.05, 3.63) is 51.2 Å². The number of hydrogen-bond donors (Lipinski definition) is 2. The molecule has 9 heteroatoms. The first-order valence-corrected chi connectivity index (χ1v) is 12.2. The van der Waals surface area contributed by atoms with Crippen LogP contribution in [0.15, 0.2) is 30.3 Å². The molecule has 29 heavy (non-hydrogen) atoms. The Labute approximate surface area is 175 Å². The van der Waals surface area contributed by atoms with Gasteiger partial charge in [-0.25, -0.2) is 8.42 Å². The van der Waals surface area contributed by atoms with Gasteiger partial charge in [0.25, 0.3) is 11.8 Å². The maximum Gasteiger partial charge on any atom is 0.279 e. The normalized spacial score (nSPS) is 13.9. The van der Waals surface area contributed by atoms with Crippen molar-refractivity contribution in [3.8, 4) is 0 Å². The molecule has 0 radical (unpaired) electrons. The number of benzene rings is 1. The molecule has 0 saturated carbocycles.